The van der Waals surface area contributed by atoms with Crippen LogP contribution >= 0.6 is 0 Å². The Bertz CT molecular complexity index is 1400. The Morgan fingerprint density at radius 1 is 0.467 bits per heavy atom. The van der Waals surface area contributed by atoms with E-state index in [0.29, 0.717) is 12.8 Å². The summed E-state index contributed by atoms with van der Waals surface area (Å²) >= 11 is 0. The third-order valence-electron chi connectivity index (χ3n) is 15.1. The van der Waals surface area contributed by atoms with E-state index in [-0.39, 0.29) is 18.9 Å². The van der Waals surface area contributed by atoms with Crippen LogP contribution in [-0.4, -0.2) is 140 Å². The SMILES string of the molecule is CCCCCCCCCCCCCCCCC/C=C/CC/C=C/CC/C=C/C(O)C(COC1OC(CO)C(OC2OC(CO)C(O)C(O)C2O)C(O)C1O)NC(=O)CCCCCCCCCCCCCCCCCC. The normalized spacial score (nSPS) is 25.3. The summed E-state index contributed by atoms with van der Waals surface area (Å²) in [6.07, 6.45) is 40.5. The second-order valence-corrected chi connectivity index (χ2v) is 21.8. The summed E-state index contributed by atoms with van der Waals surface area (Å²) < 4.78 is 22.8. The van der Waals surface area contributed by atoms with Gasteiger partial charge in [-0.05, 0) is 44.9 Å². The first-order chi connectivity index (χ1) is 36.6. The van der Waals surface area contributed by atoms with Gasteiger partial charge in [0.1, 0.15) is 48.8 Å². The van der Waals surface area contributed by atoms with E-state index in [9.17, 15) is 45.6 Å². The lowest BCUT2D eigenvalue weighted by Crippen LogP contribution is -2.65. The molecule has 0 saturated carbocycles. The molecular weight excluding hydrogens is 955 g/mol. The van der Waals surface area contributed by atoms with E-state index >= 15 is 0 Å². The Kier molecular flexibility index (Phi) is 43.5. The summed E-state index contributed by atoms with van der Waals surface area (Å²) in [7, 11) is 0. The van der Waals surface area contributed by atoms with E-state index in [0.717, 1.165) is 44.9 Å². The van der Waals surface area contributed by atoms with E-state index in [1.54, 1.807) is 6.08 Å². The number of amides is 1. The van der Waals surface area contributed by atoms with E-state index in [2.05, 4.69) is 43.5 Å². The Morgan fingerprint density at radius 3 is 1.31 bits per heavy atom. The molecule has 0 spiro atoms. The first kappa shape index (κ1) is 69.3. The number of aliphatic hydroxyl groups excluding tert-OH is 8. The zero-order valence-corrected chi connectivity index (χ0v) is 47.3. The standard InChI is InChI=1S/C61H113NO13/c1-3-5-7-9-11-13-15-17-19-21-22-23-24-25-26-27-28-29-30-32-34-36-38-40-42-44-50(65)49(62-53(66)45-43-41-39-37-35-33-31-20-18-16-14-12-10-8-6-4-2)48-72-60-58(71)56(69)59(52(47-64)74-60)75-61-57(70)55(68)54(67)51(46-63)73-61/h28-29,34,36,42,44,49-52,54-61,63-65,67-71H,3-27,30-33,35,37-41,43,45-48H2,1-2H3,(H,62,66)/b29-28+,36-34+,44-42+. The summed E-state index contributed by atoms with van der Waals surface area (Å²) in [5.74, 6) is -0.250. The number of hydrogen-bond acceptors (Lipinski definition) is 13. The van der Waals surface area contributed by atoms with Crippen molar-refractivity contribution in [2.75, 3.05) is 19.8 Å². The highest BCUT2D eigenvalue weighted by atomic mass is 16.7. The molecule has 2 heterocycles. The molecule has 0 aromatic heterocycles. The lowest BCUT2D eigenvalue weighted by molar-refractivity contribution is -0.359. The van der Waals surface area contributed by atoms with E-state index in [4.69, 9.17) is 18.9 Å². The predicted octanol–water partition coefficient (Wildman–Crippen LogP) is 10.6. The topological polar surface area (TPSA) is 228 Å². The summed E-state index contributed by atoms with van der Waals surface area (Å²) in [5, 5.41) is 87.1. The fourth-order valence-electron chi connectivity index (χ4n) is 10.1. The van der Waals surface area contributed by atoms with Gasteiger partial charge in [0.05, 0.1) is 32.0 Å². The van der Waals surface area contributed by atoms with Gasteiger partial charge in [-0.3, -0.25) is 4.79 Å². The van der Waals surface area contributed by atoms with Crippen molar-refractivity contribution in [2.45, 2.75) is 325 Å². The van der Waals surface area contributed by atoms with Gasteiger partial charge in [0, 0.05) is 6.42 Å². The number of allylic oxidation sites excluding steroid dienone is 5. The monoisotopic (exact) mass is 1070 g/mol. The molecule has 12 atom stereocenters. The summed E-state index contributed by atoms with van der Waals surface area (Å²) in [6, 6.07) is -0.935. The van der Waals surface area contributed by atoms with E-state index < -0.39 is 86.8 Å². The summed E-state index contributed by atoms with van der Waals surface area (Å²) in [6.45, 7) is 2.80. The molecule has 2 fully saturated rings. The number of hydrogen-bond donors (Lipinski definition) is 9. The molecule has 0 aliphatic carbocycles. The van der Waals surface area contributed by atoms with Crippen LogP contribution in [0.5, 0.6) is 0 Å². The molecule has 2 aliphatic rings. The summed E-state index contributed by atoms with van der Waals surface area (Å²) in [5.41, 5.74) is 0. The molecule has 75 heavy (non-hydrogen) atoms. The molecule has 440 valence electrons. The fourth-order valence-corrected chi connectivity index (χ4v) is 10.1. The third-order valence-corrected chi connectivity index (χ3v) is 15.1. The predicted molar refractivity (Wildman–Crippen MR) is 300 cm³/mol. The first-order valence-electron chi connectivity index (χ1n) is 30.7. The minimum absolute atomic E-state index is 0.250. The van der Waals surface area contributed by atoms with Crippen LogP contribution in [0, 0.1) is 0 Å². The Hall–Kier alpha value is -1.79. The number of unbranched alkanes of at least 4 members (excludes halogenated alkanes) is 32. The van der Waals surface area contributed by atoms with Crippen molar-refractivity contribution < 1.29 is 64.6 Å². The number of rotatable bonds is 49. The molecule has 0 radical (unpaired) electrons. The van der Waals surface area contributed by atoms with E-state index in [1.165, 1.54) is 173 Å². The second-order valence-electron chi connectivity index (χ2n) is 21.8. The van der Waals surface area contributed by atoms with Gasteiger partial charge in [0.25, 0.3) is 0 Å². The Morgan fingerprint density at radius 2 is 0.853 bits per heavy atom. The molecule has 0 bridgehead atoms. The zero-order chi connectivity index (χ0) is 54.6. The minimum atomic E-state index is -1.79. The van der Waals surface area contributed by atoms with Crippen LogP contribution in [0.2, 0.25) is 0 Å². The maximum atomic E-state index is 13.2. The highest BCUT2D eigenvalue weighted by Gasteiger charge is 2.51. The van der Waals surface area contributed by atoms with Crippen LogP contribution in [0.15, 0.2) is 36.5 Å². The second kappa shape index (κ2) is 47.1. The Labute approximate surface area is 455 Å². The van der Waals surface area contributed by atoms with Gasteiger partial charge in [0.2, 0.25) is 5.91 Å². The smallest absolute Gasteiger partial charge is 0.220 e. The van der Waals surface area contributed by atoms with Gasteiger partial charge >= 0.3 is 0 Å². The van der Waals surface area contributed by atoms with Crippen LogP contribution in [0.1, 0.15) is 251 Å². The number of aliphatic hydroxyl groups is 8. The van der Waals surface area contributed by atoms with Crippen molar-refractivity contribution >= 4 is 5.91 Å². The lowest BCUT2D eigenvalue weighted by Gasteiger charge is -2.46. The molecule has 14 nitrogen and oxygen atoms in total. The molecule has 1 amide bonds. The molecule has 2 aliphatic heterocycles. The lowest BCUT2D eigenvalue weighted by atomic mass is 9.97. The van der Waals surface area contributed by atoms with Crippen molar-refractivity contribution in [3.8, 4) is 0 Å². The number of carbonyl (C=O) groups is 1. The van der Waals surface area contributed by atoms with Gasteiger partial charge in [-0.15, -0.1) is 0 Å². The average molecular weight is 1070 g/mol. The van der Waals surface area contributed by atoms with Gasteiger partial charge in [-0.25, -0.2) is 0 Å². The maximum Gasteiger partial charge on any atom is 0.220 e. The van der Waals surface area contributed by atoms with Gasteiger partial charge in [-0.2, -0.15) is 0 Å². The minimum Gasteiger partial charge on any atom is -0.394 e. The molecule has 0 aromatic rings. The van der Waals surface area contributed by atoms with Crippen molar-refractivity contribution in [1.82, 2.24) is 5.32 Å². The fraction of sp³-hybridized carbons (Fsp3) is 0.885. The number of carbonyl (C=O) groups excluding carboxylic acids is 1. The number of nitrogens with one attached hydrogen (secondary N) is 1. The highest BCUT2D eigenvalue weighted by Crippen LogP contribution is 2.30. The largest absolute Gasteiger partial charge is 0.394 e. The van der Waals surface area contributed by atoms with Gasteiger partial charge < -0.3 is 65.1 Å². The zero-order valence-electron chi connectivity index (χ0n) is 47.3. The molecule has 12 unspecified atom stereocenters. The molecule has 9 N–H and O–H groups in total. The quantitative estimate of drug-likeness (QED) is 0.0204. The average Bonchev–Trinajstić information content (AvgIpc) is 3.41. The van der Waals surface area contributed by atoms with Crippen LogP contribution in [0.25, 0.3) is 0 Å². The third kappa shape index (κ3) is 32.8. The van der Waals surface area contributed by atoms with Crippen LogP contribution in [-0.2, 0) is 23.7 Å². The van der Waals surface area contributed by atoms with Crippen molar-refractivity contribution in [3.05, 3.63) is 36.5 Å². The van der Waals surface area contributed by atoms with Crippen LogP contribution in [0.3, 0.4) is 0 Å². The van der Waals surface area contributed by atoms with Gasteiger partial charge in [-0.1, -0.05) is 237 Å². The molecule has 2 saturated heterocycles. The van der Waals surface area contributed by atoms with Crippen molar-refractivity contribution in [3.63, 3.8) is 0 Å². The maximum absolute atomic E-state index is 13.2. The summed E-state index contributed by atoms with van der Waals surface area (Å²) in [4.78, 5) is 13.2. The Balaban J connectivity index is 1.77. The van der Waals surface area contributed by atoms with Crippen molar-refractivity contribution in [1.29, 1.82) is 0 Å². The van der Waals surface area contributed by atoms with Crippen LogP contribution in [0.4, 0.5) is 0 Å². The number of ether oxygens (including phenoxy) is 4. The first-order valence-corrected chi connectivity index (χ1v) is 30.7. The molecule has 2 rings (SSSR count). The van der Waals surface area contributed by atoms with Crippen molar-refractivity contribution in [2.24, 2.45) is 0 Å². The molecule has 14 heteroatoms. The van der Waals surface area contributed by atoms with Gasteiger partial charge in [0.15, 0.2) is 12.6 Å². The highest BCUT2D eigenvalue weighted by molar-refractivity contribution is 5.76. The van der Waals surface area contributed by atoms with E-state index in [1.807, 2.05) is 6.08 Å². The molecule has 0 aromatic carbocycles. The van der Waals surface area contributed by atoms with Crippen LogP contribution < -0.4 is 5.32 Å². The molecular formula is C61H113NO13.